The quantitative estimate of drug-likeness (QED) is 0.694. The monoisotopic (exact) mass is 349 g/mol. The Balaban J connectivity index is 3.08. The molecule has 5 heteroatoms. The number of carbonyl (C=O) groups excluding carboxylic acids is 1. The summed E-state index contributed by atoms with van der Waals surface area (Å²) in [5.74, 6) is -0.469. The molecule has 2 nitrogen and oxygen atoms in total. The largest absolute Gasteiger partial charge is 0.334 e. The van der Waals surface area contributed by atoms with Crippen LogP contribution in [-0.4, -0.2) is 29.3 Å². The number of benzene rings is 1. The summed E-state index contributed by atoms with van der Waals surface area (Å²) in [6, 6.07) is 4.83. The fourth-order valence-corrected chi connectivity index (χ4v) is 2.64. The Labute approximate surface area is 127 Å². The summed E-state index contributed by atoms with van der Waals surface area (Å²) in [4.78, 5) is 14.1. The van der Waals surface area contributed by atoms with Gasteiger partial charge in [-0.25, -0.2) is 4.39 Å². The van der Waals surface area contributed by atoms with Crippen molar-refractivity contribution in [2.24, 2.45) is 0 Å². The van der Waals surface area contributed by atoms with Crippen LogP contribution in [0.4, 0.5) is 4.39 Å². The first kappa shape index (κ1) is 16.4. The topological polar surface area (TPSA) is 20.3 Å². The number of hydrogen-bond donors (Lipinski definition) is 0. The molecule has 0 unspecified atom stereocenters. The fourth-order valence-electron chi connectivity index (χ4n) is 2.09. The van der Waals surface area contributed by atoms with Gasteiger partial charge in [-0.05, 0) is 40.9 Å². The van der Waals surface area contributed by atoms with Crippen LogP contribution >= 0.6 is 27.5 Å². The zero-order valence-corrected chi connectivity index (χ0v) is 13.5. The summed E-state index contributed by atoms with van der Waals surface area (Å²) in [6.07, 6.45) is 1.66. The van der Waals surface area contributed by atoms with Crippen molar-refractivity contribution in [2.75, 3.05) is 12.4 Å². The third-order valence-electron chi connectivity index (χ3n) is 3.15. The molecule has 0 fully saturated rings. The van der Waals surface area contributed by atoms with Gasteiger partial charge in [0.05, 0.1) is 10.0 Å². The van der Waals surface area contributed by atoms with E-state index in [9.17, 15) is 9.18 Å². The number of amides is 1. The van der Waals surface area contributed by atoms with E-state index in [0.29, 0.717) is 16.9 Å². The SMILES string of the molecule is CCC(CC)N(CCCl)C(=O)c1cccc(Br)c1F. The maximum atomic E-state index is 14.0. The van der Waals surface area contributed by atoms with Gasteiger partial charge < -0.3 is 4.90 Å². The molecule has 0 aliphatic carbocycles. The van der Waals surface area contributed by atoms with E-state index < -0.39 is 5.82 Å². The van der Waals surface area contributed by atoms with Gasteiger partial charge in [0.1, 0.15) is 5.82 Å². The first-order valence-electron chi connectivity index (χ1n) is 6.37. The van der Waals surface area contributed by atoms with Crippen LogP contribution in [0, 0.1) is 5.82 Å². The van der Waals surface area contributed by atoms with Crippen LogP contribution in [0.5, 0.6) is 0 Å². The van der Waals surface area contributed by atoms with Crippen LogP contribution < -0.4 is 0 Å². The van der Waals surface area contributed by atoms with E-state index in [1.807, 2.05) is 13.8 Å². The van der Waals surface area contributed by atoms with Gasteiger partial charge in [-0.2, -0.15) is 0 Å². The Morgan fingerprint density at radius 1 is 1.42 bits per heavy atom. The highest BCUT2D eigenvalue weighted by Gasteiger charge is 2.24. The standard InChI is InChI=1S/C14H18BrClFNO/c1-3-10(4-2)18(9-8-16)14(19)11-6-5-7-12(15)13(11)17/h5-7,10H,3-4,8-9H2,1-2H3. The molecule has 1 amide bonds. The van der Waals surface area contributed by atoms with Crippen molar-refractivity contribution in [3.63, 3.8) is 0 Å². The highest BCUT2D eigenvalue weighted by molar-refractivity contribution is 9.10. The number of rotatable bonds is 6. The molecule has 0 spiro atoms. The number of hydrogen-bond acceptors (Lipinski definition) is 1. The Morgan fingerprint density at radius 2 is 2.05 bits per heavy atom. The molecule has 0 N–H and O–H groups in total. The second kappa shape index (κ2) is 7.85. The molecule has 0 bridgehead atoms. The average Bonchev–Trinajstić information content (AvgIpc) is 2.41. The molecule has 0 saturated heterocycles. The van der Waals surface area contributed by atoms with E-state index in [1.54, 1.807) is 17.0 Å². The predicted molar refractivity (Wildman–Crippen MR) is 80.2 cm³/mol. The van der Waals surface area contributed by atoms with Crippen LogP contribution in [0.15, 0.2) is 22.7 Å². The minimum atomic E-state index is -0.516. The Hall–Kier alpha value is -0.610. The fraction of sp³-hybridized carbons (Fsp3) is 0.500. The number of halogens is 3. The summed E-state index contributed by atoms with van der Waals surface area (Å²) in [7, 11) is 0. The number of nitrogens with zero attached hydrogens (tertiary/aromatic N) is 1. The highest BCUT2D eigenvalue weighted by Crippen LogP contribution is 2.21. The summed E-state index contributed by atoms with van der Waals surface area (Å²) in [5, 5.41) is 0. The van der Waals surface area contributed by atoms with Crippen molar-refractivity contribution >= 4 is 33.4 Å². The van der Waals surface area contributed by atoms with E-state index in [4.69, 9.17) is 11.6 Å². The lowest BCUT2D eigenvalue weighted by atomic mass is 10.1. The summed E-state index contributed by atoms with van der Waals surface area (Å²) < 4.78 is 14.3. The molecular weight excluding hydrogens is 333 g/mol. The van der Waals surface area contributed by atoms with Gasteiger partial charge in [0, 0.05) is 18.5 Å². The first-order chi connectivity index (χ1) is 9.06. The van der Waals surface area contributed by atoms with Gasteiger partial charge in [-0.3, -0.25) is 4.79 Å². The van der Waals surface area contributed by atoms with Crippen LogP contribution in [0.3, 0.4) is 0 Å². The van der Waals surface area contributed by atoms with E-state index in [0.717, 1.165) is 12.8 Å². The van der Waals surface area contributed by atoms with Gasteiger partial charge >= 0.3 is 0 Å². The smallest absolute Gasteiger partial charge is 0.257 e. The zero-order valence-electron chi connectivity index (χ0n) is 11.1. The summed E-state index contributed by atoms with van der Waals surface area (Å²) in [6.45, 7) is 4.46. The van der Waals surface area contributed by atoms with Crippen molar-refractivity contribution < 1.29 is 9.18 Å². The van der Waals surface area contributed by atoms with Gasteiger partial charge in [-0.1, -0.05) is 19.9 Å². The Bertz CT molecular complexity index is 437. The molecule has 0 saturated carbocycles. The van der Waals surface area contributed by atoms with Gasteiger partial charge in [0.15, 0.2) is 0 Å². The lowest BCUT2D eigenvalue weighted by Crippen LogP contribution is -2.41. The molecule has 1 aromatic rings. The summed E-state index contributed by atoms with van der Waals surface area (Å²) in [5.41, 5.74) is 0.0893. The maximum Gasteiger partial charge on any atom is 0.257 e. The molecule has 0 aliphatic rings. The predicted octanol–water partition coefficient (Wildman–Crippen LogP) is 4.46. The molecule has 0 aliphatic heterocycles. The zero-order chi connectivity index (χ0) is 14.4. The molecule has 106 valence electrons. The second-order valence-corrected chi connectivity index (χ2v) is 5.49. The van der Waals surface area contributed by atoms with E-state index >= 15 is 0 Å². The number of alkyl halides is 1. The van der Waals surface area contributed by atoms with Crippen LogP contribution in [0.25, 0.3) is 0 Å². The highest BCUT2D eigenvalue weighted by atomic mass is 79.9. The molecule has 19 heavy (non-hydrogen) atoms. The molecular formula is C14H18BrClFNO. The lowest BCUT2D eigenvalue weighted by Gasteiger charge is -2.30. The lowest BCUT2D eigenvalue weighted by molar-refractivity contribution is 0.0676. The Kier molecular flexibility index (Phi) is 6.80. The normalized spacial score (nSPS) is 10.8. The van der Waals surface area contributed by atoms with Crippen LogP contribution in [-0.2, 0) is 0 Å². The van der Waals surface area contributed by atoms with E-state index in [-0.39, 0.29) is 17.5 Å². The molecule has 1 aromatic carbocycles. The minimum absolute atomic E-state index is 0.0876. The third kappa shape index (κ3) is 3.93. The van der Waals surface area contributed by atoms with Crippen molar-refractivity contribution in [3.05, 3.63) is 34.1 Å². The van der Waals surface area contributed by atoms with E-state index in [1.165, 1.54) is 6.07 Å². The van der Waals surface area contributed by atoms with Crippen LogP contribution in [0.2, 0.25) is 0 Å². The summed E-state index contributed by atoms with van der Waals surface area (Å²) >= 11 is 8.86. The second-order valence-electron chi connectivity index (χ2n) is 4.26. The molecule has 0 heterocycles. The van der Waals surface area contributed by atoms with Gasteiger partial charge in [0.25, 0.3) is 5.91 Å². The van der Waals surface area contributed by atoms with Crippen molar-refractivity contribution in [2.45, 2.75) is 32.7 Å². The van der Waals surface area contributed by atoms with Crippen molar-refractivity contribution in [1.82, 2.24) is 4.90 Å². The van der Waals surface area contributed by atoms with Crippen molar-refractivity contribution in [3.8, 4) is 0 Å². The molecule has 1 rings (SSSR count). The van der Waals surface area contributed by atoms with E-state index in [2.05, 4.69) is 15.9 Å². The first-order valence-corrected chi connectivity index (χ1v) is 7.70. The maximum absolute atomic E-state index is 14.0. The van der Waals surface area contributed by atoms with Crippen molar-refractivity contribution in [1.29, 1.82) is 0 Å². The minimum Gasteiger partial charge on any atom is -0.334 e. The third-order valence-corrected chi connectivity index (χ3v) is 3.93. The Morgan fingerprint density at radius 3 is 2.58 bits per heavy atom. The number of carbonyl (C=O) groups is 1. The van der Waals surface area contributed by atoms with Crippen LogP contribution in [0.1, 0.15) is 37.0 Å². The molecule has 0 radical (unpaired) electrons. The van der Waals surface area contributed by atoms with Gasteiger partial charge in [-0.15, -0.1) is 11.6 Å². The van der Waals surface area contributed by atoms with Gasteiger partial charge in [0.2, 0.25) is 0 Å². The molecule has 0 aromatic heterocycles. The molecule has 0 atom stereocenters. The average molecular weight is 351 g/mol.